The molecule has 2 saturated carbocycles. The van der Waals surface area contributed by atoms with E-state index in [4.69, 9.17) is 10.5 Å². The van der Waals surface area contributed by atoms with Crippen molar-refractivity contribution in [1.82, 2.24) is 20.5 Å². The number of fused-ring (bicyclic) bond motifs is 1. The number of amides is 3. The zero-order valence-electron chi connectivity index (χ0n) is 24.0. The van der Waals surface area contributed by atoms with Gasteiger partial charge >= 0.3 is 6.09 Å². The van der Waals surface area contributed by atoms with Crippen molar-refractivity contribution in [3.05, 3.63) is 65.6 Å². The van der Waals surface area contributed by atoms with Crippen LogP contribution in [0.3, 0.4) is 0 Å². The minimum Gasteiger partial charge on any atom is -0.444 e. The Bertz CT molecular complexity index is 1290. The van der Waals surface area contributed by atoms with Crippen molar-refractivity contribution in [3.63, 3.8) is 0 Å². The molecule has 1 unspecified atom stereocenters. The second kappa shape index (κ2) is 11.9. The average molecular weight is 561 g/mol. The van der Waals surface area contributed by atoms with Gasteiger partial charge < -0.3 is 26.4 Å². The maximum absolute atomic E-state index is 12.7. The molecular formula is C31H40N6O4. The van der Waals surface area contributed by atoms with Gasteiger partial charge in [0.2, 0.25) is 0 Å². The first-order valence-corrected chi connectivity index (χ1v) is 14.4. The first-order chi connectivity index (χ1) is 19.6. The van der Waals surface area contributed by atoms with Gasteiger partial charge in [0, 0.05) is 49.7 Å². The molecule has 41 heavy (non-hydrogen) atoms. The van der Waals surface area contributed by atoms with Crippen LogP contribution in [0.1, 0.15) is 72.9 Å². The molecule has 0 radical (unpaired) electrons. The number of aromatic nitrogens is 1. The fourth-order valence-corrected chi connectivity index (χ4v) is 5.38. The Kier molecular flexibility index (Phi) is 8.30. The highest BCUT2D eigenvalue weighted by Crippen LogP contribution is 2.39. The van der Waals surface area contributed by atoms with Gasteiger partial charge in [-0.05, 0) is 82.6 Å². The van der Waals surface area contributed by atoms with Crippen LogP contribution in [0.4, 0.5) is 10.5 Å². The predicted molar refractivity (Wildman–Crippen MR) is 157 cm³/mol. The largest absolute Gasteiger partial charge is 0.444 e. The van der Waals surface area contributed by atoms with Crippen LogP contribution in [0.15, 0.2) is 48.8 Å². The fourth-order valence-electron chi connectivity index (χ4n) is 5.38. The molecule has 2 aliphatic carbocycles. The number of benzene rings is 1. The second-order valence-electron chi connectivity index (χ2n) is 12.2. The Morgan fingerprint density at radius 2 is 1.78 bits per heavy atom. The van der Waals surface area contributed by atoms with Crippen LogP contribution in [-0.2, 0) is 4.74 Å². The number of alkyl carbamates (subject to hydrolysis) is 1. The highest BCUT2D eigenvalue weighted by atomic mass is 16.6. The SMILES string of the molecule is CC(C)(C)OC(=O)NCCNc1cccnc1/C(=C/NC1CC(CN2C(=O)c3ccccc3C2=O)C1)C(N)C1CC1. The molecule has 10 nitrogen and oxygen atoms in total. The maximum atomic E-state index is 12.7. The quantitative estimate of drug-likeness (QED) is 0.241. The van der Waals surface area contributed by atoms with E-state index in [2.05, 4.69) is 20.9 Å². The first kappa shape index (κ1) is 28.6. The number of carbonyl (C=O) groups is 3. The monoisotopic (exact) mass is 560 g/mol. The number of hydrogen-bond donors (Lipinski definition) is 4. The molecule has 2 heterocycles. The zero-order chi connectivity index (χ0) is 29.1. The molecule has 2 fully saturated rings. The van der Waals surface area contributed by atoms with E-state index in [1.807, 2.05) is 39.1 Å². The molecule has 1 aromatic carbocycles. The summed E-state index contributed by atoms with van der Waals surface area (Å²) in [5.41, 5.74) is 9.72. The lowest BCUT2D eigenvalue weighted by atomic mass is 9.80. The summed E-state index contributed by atoms with van der Waals surface area (Å²) in [5, 5.41) is 9.68. The Morgan fingerprint density at radius 3 is 2.41 bits per heavy atom. The molecule has 0 saturated heterocycles. The normalized spacial score (nSPS) is 21.2. The van der Waals surface area contributed by atoms with Gasteiger partial charge in [0.15, 0.2) is 0 Å². The molecule has 0 bridgehead atoms. The highest BCUT2D eigenvalue weighted by molar-refractivity contribution is 6.21. The van der Waals surface area contributed by atoms with E-state index in [0.29, 0.717) is 36.7 Å². The summed E-state index contributed by atoms with van der Waals surface area (Å²) in [6.45, 7) is 6.82. The van der Waals surface area contributed by atoms with Crippen LogP contribution in [0, 0.1) is 11.8 Å². The number of anilines is 1. The minimum atomic E-state index is -0.547. The standard InChI is InChI=1S/C31H40N6O4/c1-31(2,3)41-30(40)35-14-13-33-25-9-6-12-34-27(25)24(26(32)20-10-11-20)17-36-21-15-19(16-21)18-37-28(38)22-7-4-5-8-23(22)29(37)39/h4-9,12,17,19-21,26,33,36H,10-11,13-16,18,32H2,1-3H3,(H,35,40)/b24-17+. The van der Waals surface area contributed by atoms with Crippen molar-refractivity contribution in [3.8, 4) is 0 Å². The summed E-state index contributed by atoms with van der Waals surface area (Å²) in [6, 6.07) is 10.9. The number of nitrogens with two attached hydrogens (primary N) is 1. The molecule has 218 valence electrons. The molecule has 0 spiro atoms. The van der Waals surface area contributed by atoms with Crippen molar-refractivity contribution in [1.29, 1.82) is 0 Å². The Labute approximate surface area is 241 Å². The van der Waals surface area contributed by atoms with Gasteiger partial charge in [0.25, 0.3) is 11.8 Å². The van der Waals surface area contributed by atoms with E-state index in [1.54, 1.807) is 30.5 Å². The van der Waals surface area contributed by atoms with Gasteiger partial charge in [-0.2, -0.15) is 0 Å². The molecule has 3 aliphatic rings. The Morgan fingerprint density at radius 1 is 1.10 bits per heavy atom. The van der Waals surface area contributed by atoms with Gasteiger partial charge in [0.1, 0.15) is 5.60 Å². The van der Waals surface area contributed by atoms with Crippen molar-refractivity contribution in [2.45, 2.75) is 64.1 Å². The Balaban J connectivity index is 1.17. The van der Waals surface area contributed by atoms with Crippen LogP contribution < -0.4 is 21.7 Å². The van der Waals surface area contributed by atoms with E-state index in [-0.39, 0.29) is 29.8 Å². The first-order valence-electron chi connectivity index (χ1n) is 14.4. The van der Waals surface area contributed by atoms with Crippen LogP contribution in [0.25, 0.3) is 5.57 Å². The third-order valence-corrected chi connectivity index (χ3v) is 7.71. The number of nitrogens with zero attached hydrogens (tertiary/aromatic N) is 2. The number of ether oxygens (including phenoxy) is 1. The second-order valence-corrected chi connectivity index (χ2v) is 12.2. The topological polar surface area (TPSA) is 139 Å². The number of carbonyl (C=O) groups excluding carboxylic acids is 3. The van der Waals surface area contributed by atoms with E-state index in [9.17, 15) is 14.4 Å². The zero-order valence-corrected chi connectivity index (χ0v) is 24.0. The third-order valence-electron chi connectivity index (χ3n) is 7.71. The molecule has 1 aromatic heterocycles. The van der Waals surface area contributed by atoms with Gasteiger partial charge in [-0.1, -0.05) is 12.1 Å². The number of nitrogens with one attached hydrogen (secondary N) is 3. The molecule has 5 rings (SSSR count). The average Bonchev–Trinajstić information content (AvgIpc) is 3.73. The smallest absolute Gasteiger partial charge is 0.407 e. The molecule has 10 heteroatoms. The highest BCUT2D eigenvalue weighted by Gasteiger charge is 2.39. The number of imide groups is 1. The van der Waals surface area contributed by atoms with Gasteiger partial charge in [-0.15, -0.1) is 0 Å². The minimum absolute atomic E-state index is 0.146. The predicted octanol–water partition coefficient (Wildman–Crippen LogP) is 3.76. The fraction of sp³-hybridized carbons (Fsp3) is 0.484. The van der Waals surface area contributed by atoms with Crippen molar-refractivity contribution in [2.75, 3.05) is 25.0 Å². The molecule has 3 amide bonds. The lowest BCUT2D eigenvalue weighted by molar-refractivity contribution is 0.0527. The van der Waals surface area contributed by atoms with Gasteiger partial charge in [-0.25, -0.2) is 4.79 Å². The number of hydrogen-bond acceptors (Lipinski definition) is 8. The molecular weight excluding hydrogens is 520 g/mol. The van der Waals surface area contributed by atoms with E-state index in [0.717, 1.165) is 42.6 Å². The van der Waals surface area contributed by atoms with Gasteiger partial charge in [-0.3, -0.25) is 19.5 Å². The summed E-state index contributed by atoms with van der Waals surface area (Å²) in [7, 11) is 0. The Hall–Kier alpha value is -3.92. The third kappa shape index (κ3) is 6.87. The van der Waals surface area contributed by atoms with Crippen molar-refractivity contribution < 1.29 is 19.1 Å². The lowest BCUT2D eigenvalue weighted by Gasteiger charge is -2.37. The molecule has 5 N–H and O–H groups in total. The number of pyridine rings is 1. The van der Waals surface area contributed by atoms with Crippen molar-refractivity contribution >= 4 is 29.2 Å². The van der Waals surface area contributed by atoms with Crippen LogP contribution >= 0.6 is 0 Å². The summed E-state index contributed by atoms with van der Waals surface area (Å²) < 4.78 is 5.30. The summed E-state index contributed by atoms with van der Waals surface area (Å²) >= 11 is 0. The van der Waals surface area contributed by atoms with Gasteiger partial charge in [0.05, 0.1) is 22.5 Å². The molecule has 2 aromatic rings. The number of rotatable bonds is 11. The van der Waals surface area contributed by atoms with Crippen molar-refractivity contribution in [2.24, 2.45) is 17.6 Å². The van der Waals surface area contributed by atoms with E-state index < -0.39 is 11.7 Å². The van der Waals surface area contributed by atoms with Crippen LogP contribution in [0.2, 0.25) is 0 Å². The van der Waals surface area contributed by atoms with Crippen LogP contribution in [0.5, 0.6) is 0 Å². The summed E-state index contributed by atoms with van der Waals surface area (Å²) in [4.78, 5) is 43.5. The van der Waals surface area contributed by atoms with Crippen LogP contribution in [-0.4, -0.2) is 65.1 Å². The van der Waals surface area contributed by atoms with E-state index >= 15 is 0 Å². The maximum Gasteiger partial charge on any atom is 0.407 e. The van der Waals surface area contributed by atoms with E-state index in [1.165, 1.54) is 4.90 Å². The summed E-state index contributed by atoms with van der Waals surface area (Å²) in [5.74, 6) is 0.287. The lowest BCUT2D eigenvalue weighted by Crippen LogP contribution is -2.45. The summed E-state index contributed by atoms with van der Waals surface area (Å²) in [6.07, 6.45) is 7.22. The molecule has 1 atom stereocenters. The molecule has 1 aliphatic heterocycles.